The van der Waals surface area contributed by atoms with Crippen LogP contribution in [-0.2, 0) is 17.8 Å². The summed E-state index contributed by atoms with van der Waals surface area (Å²) in [4.78, 5) is 11.4. The van der Waals surface area contributed by atoms with Crippen LogP contribution in [0.4, 0.5) is 0 Å². The van der Waals surface area contributed by atoms with Crippen LogP contribution >= 0.6 is 0 Å². The highest BCUT2D eigenvalue weighted by atomic mass is 16.4. The van der Waals surface area contributed by atoms with Gasteiger partial charge in [0.15, 0.2) is 6.04 Å². The van der Waals surface area contributed by atoms with Crippen molar-refractivity contribution in [3.8, 4) is 0 Å². The van der Waals surface area contributed by atoms with Crippen molar-refractivity contribution in [3.05, 3.63) is 17.7 Å². The van der Waals surface area contributed by atoms with Gasteiger partial charge in [0.2, 0.25) is 0 Å². The topological polar surface area (TPSA) is 46.1 Å². The molecule has 1 N–H and O–H groups in total. The fraction of sp³-hybridized carbons (Fsp3) is 0.810. The predicted molar refractivity (Wildman–Crippen MR) is 103 cm³/mol. The van der Waals surface area contributed by atoms with E-state index in [1.807, 2.05) is 10.8 Å². The molecule has 4 nitrogen and oxygen atoms in total. The Morgan fingerprint density at radius 2 is 1.60 bits per heavy atom. The number of imidazole rings is 1. The standard InChI is InChI=1S/C21H38N2O2/c1-5-7-8-9-10-11-12-13-14-15-20-22(16-6-2)18(3)17-23(20)19(4)21(24)25/h17,19H,5-16H2,1-4H3/p+1. The summed E-state index contributed by atoms with van der Waals surface area (Å²) in [6, 6.07) is -0.495. The average Bonchev–Trinajstić information content (AvgIpc) is 2.89. The maximum atomic E-state index is 11.4. The monoisotopic (exact) mass is 351 g/mol. The lowest BCUT2D eigenvalue weighted by Gasteiger charge is -2.08. The van der Waals surface area contributed by atoms with E-state index in [9.17, 15) is 9.90 Å². The van der Waals surface area contributed by atoms with Gasteiger partial charge >= 0.3 is 5.97 Å². The van der Waals surface area contributed by atoms with Crippen LogP contribution in [0, 0.1) is 6.92 Å². The lowest BCUT2D eigenvalue weighted by molar-refractivity contribution is -0.714. The minimum absolute atomic E-state index is 0.495. The highest BCUT2D eigenvalue weighted by Gasteiger charge is 2.27. The zero-order valence-corrected chi connectivity index (χ0v) is 16.9. The van der Waals surface area contributed by atoms with E-state index in [0.717, 1.165) is 25.8 Å². The number of nitrogens with zero attached hydrogens (tertiary/aromatic N) is 2. The molecule has 0 radical (unpaired) electrons. The molecule has 0 aliphatic heterocycles. The third-order valence-electron chi connectivity index (χ3n) is 5.09. The van der Waals surface area contributed by atoms with Crippen LogP contribution in [0.5, 0.6) is 0 Å². The fourth-order valence-electron chi connectivity index (χ4n) is 3.53. The molecule has 0 fully saturated rings. The third kappa shape index (κ3) is 7.21. The maximum Gasteiger partial charge on any atom is 0.349 e. The zero-order valence-electron chi connectivity index (χ0n) is 16.9. The molecular formula is C21H39N2O2+. The number of hydrogen-bond acceptors (Lipinski definition) is 1. The molecule has 0 aliphatic carbocycles. The highest BCUT2D eigenvalue weighted by Crippen LogP contribution is 2.14. The molecule has 1 atom stereocenters. The second-order valence-corrected chi connectivity index (χ2v) is 7.34. The third-order valence-corrected chi connectivity index (χ3v) is 5.09. The number of aliphatic carboxylic acids is 1. The second kappa shape index (κ2) is 12.1. The lowest BCUT2D eigenvalue weighted by atomic mass is 10.1. The van der Waals surface area contributed by atoms with E-state index >= 15 is 0 Å². The summed E-state index contributed by atoms with van der Waals surface area (Å²) in [5, 5.41) is 9.39. The summed E-state index contributed by atoms with van der Waals surface area (Å²) < 4.78 is 4.28. The van der Waals surface area contributed by atoms with Crippen LogP contribution in [0.25, 0.3) is 0 Å². The Kier molecular flexibility index (Phi) is 10.5. The van der Waals surface area contributed by atoms with Crippen molar-refractivity contribution in [2.24, 2.45) is 0 Å². The van der Waals surface area contributed by atoms with Gasteiger partial charge in [0, 0.05) is 13.3 Å². The summed E-state index contributed by atoms with van der Waals surface area (Å²) in [5.74, 6) is 0.421. The number of rotatable bonds is 14. The highest BCUT2D eigenvalue weighted by molar-refractivity contribution is 5.69. The Labute approximate surface area is 154 Å². The molecule has 1 aromatic heterocycles. The molecule has 1 unspecified atom stereocenters. The van der Waals surface area contributed by atoms with Crippen molar-refractivity contribution in [2.45, 2.75) is 111 Å². The van der Waals surface area contributed by atoms with E-state index in [1.165, 1.54) is 62.9 Å². The summed E-state index contributed by atoms with van der Waals surface area (Å²) >= 11 is 0. The van der Waals surface area contributed by atoms with Gasteiger partial charge in [-0.2, -0.15) is 0 Å². The molecule has 0 spiro atoms. The first-order valence-corrected chi connectivity index (χ1v) is 10.4. The minimum atomic E-state index is -0.757. The maximum absolute atomic E-state index is 11.4. The number of hydrogen-bond donors (Lipinski definition) is 1. The van der Waals surface area contributed by atoms with Crippen molar-refractivity contribution < 1.29 is 14.5 Å². The van der Waals surface area contributed by atoms with Gasteiger partial charge in [0.05, 0.1) is 6.54 Å². The Morgan fingerprint density at radius 3 is 2.12 bits per heavy atom. The molecule has 1 rings (SSSR count). The molecule has 0 saturated heterocycles. The van der Waals surface area contributed by atoms with Gasteiger partial charge in [-0.25, -0.2) is 13.9 Å². The number of carboxylic acids is 1. The van der Waals surface area contributed by atoms with E-state index in [1.54, 1.807) is 6.92 Å². The van der Waals surface area contributed by atoms with Gasteiger partial charge in [0.25, 0.3) is 5.82 Å². The van der Waals surface area contributed by atoms with Gasteiger partial charge < -0.3 is 5.11 Å². The number of carbonyl (C=O) groups is 1. The molecular weight excluding hydrogens is 312 g/mol. The van der Waals surface area contributed by atoms with Gasteiger partial charge in [-0.05, 0) is 19.8 Å². The average molecular weight is 352 g/mol. The smallest absolute Gasteiger partial charge is 0.349 e. The van der Waals surface area contributed by atoms with Crippen molar-refractivity contribution in [3.63, 3.8) is 0 Å². The molecule has 0 bridgehead atoms. The van der Waals surface area contributed by atoms with Gasteiger partial charge in [0.1, 0.15) is 11.9 Å². The van der Waals surface area contributed by atoms with Crippen LogP contribution in [0.3, 0.4) is 0 Å². The minimum Gasteiger partial charge on any atom is -0.478 e. The van der Waals surface area contributed by atoms with E-state index in [2.05, 4.69) is 25.3 Å². The van der Waals surface area contributed by atoms with Crippen molar-refractivity contribution in [1.29, 1.82) is 0 Å². The number of aromatic nitrogens is 2. The normalized spacial score (nSPS) is 12.5. The first-order valence-electron chi connectivity index (χ1n) is 10.4. The van der Waals surface area contributed by atoms with Crippen LogP contribution in [0.1, 0.15) is 103 Å². The second-order valence-electron chi connectivity index (χ2n) is 7.34. The zero-order chi connectivity index (χ0) is 18.7. The number of aryl methyl sites for hydroxylation is 1. The SMILES string of the molecule is CCCCCCCCCCCc1n(CCC)c(C)c[n+]1C(C)C(=O)O. The summed E-state index contributed by atoms with van der Waals surface area (Å²) in [6.45, 7) is 9.26. The molecule has 1 aromatic rings. The van der Waals surface area contributed by atoms with Gasteiger partial charge in [-0.15, -0.1) is 0 Å². The first kappa shape index (κ1) is 21.7. The molecule has 25 heavy (non-hydrogen) atoms. The van der Waals surface area contributed by atoms with E-state index in [-0.39, 0.29) is 0 Å². The van der Waals surface area contributed by atoms with E-state index in [0.29, 0.717) is 0 Å². The predicted octanol–water partition coefficient (Wildman–Crippen LogP) is 5.21. The van der Waals surface area contributed by atoms with Crippen LogP contribution in [-0.4, -0.2) is 15.6 Å². The van der Waals surface area contributed by atoms with Crippen molar-refractivity contribution in [1.82, 2.24) is 4.57 Å². The fourth-order valence-corrected chi connectivity index (χ4v) is 3.53. The first-order chi connectivity index (χ1) is 12.0. The molecule has 0 amide bonds. The van der Waals surface area contributed by atoms with Crippen LogP contribution < -0.4 is 4.57 Å². The molecule has 0 aliphatic rings. The molecule has 4 heteroatoms. The number of carboxylic acid groups (broad SMARTS) is 1. The molecule has 1 heterocycles. The summed E-state index contributed by atoms with van der Waals surface area (Å²) in [5.41, 5.74) is 1.17. The molecule has 0 saturated carbocycles. The number of unbranched alkanes of at least 4 members (excludes halogenated alkanes) is 8. The Hall–Kier alpha value is -1.32. The Bertz CT molecular complexity index is 508. The van der Waals surface area contributed by atoms with Crippen LogP contribution in [0.15, 0.2) is 6.20 Å². The van der Waals surface area contributed by atoms with Crippen molar-refractivity contribution in [2.75, 3.05) is 0 Å². The van der Waals surface area contributed by atoms with E-state index in [4.69, 9.17) is 0 Å². The van der Waals surface area contributed by atoms with Crippen molar-refractivity contribution >= 4 is 5.97 Å². The lowest BCUT2D eigenvalue weighted by Crippen LogP contribution is -2.44. The molecule has 144 valence electrons. The molecule has 0 aromatic carbocycles. The van der Waals surface area contributed by atoms with E-state index < -0.39 is 12.0 Å². The Morgan fingerprint density at radius 1 is 1.04 bits per heavy atom. The largest absolute Gasteiger partial charge is 0.478 e. The summed E-state index contributed by atoms with van der Waals surface area (Å²) in [6.07, 6.45) is 15.9. The summed E-state index contributed by atoms with van der Waals surface area (Å²) in [7, 11) is 0. The van der Waals surface area contributed by atoms with Gasteiger partial charge in [-0.1, -0.05) is 65.2 Å². The quantitative estimate of drug-likeness (QED) is 0.369. The van der Waals surface area contributed by atoms with Gasteiger partial charge in [-0.3, -0.25) is 0 Å². The Balaban J connectivity index is 2.51. The van der Waals surface area contributed by atoms with Crippen LogP contribution in [0.2, 0.25) is 0 Å².